The number of benzene rings is 2. The lowest BCUT2D eigenvalue weighted by Crippen LogP contribution is -2.57. The van der Waals surface area contributed by atoms with Gasteiger partial charge in [0.1, 0.15) is 17.2 Å². The van der Waals surface area contributed by atoms with Crippen LogP contribution in [0.3, 0.4) is 0 Å². The van der Waals surface area contributed by atoms with Crippen molar-refractivity contribution in [3.05, 3.63) is 82.2 Å². The zero-order chi connectivity index (χ0) is 22.8. The van der Waals surface area contributed by atoms with Gasteiger partial charge in [-0.1, -0.05) is 18.2 Å². The number of aromatic nitrogens is 1. The molecule has 0 saturated carbocycles. The minimum Gasteiger partial charge on any atom is -0.633 e. The third kappa shape index (κ3) is 4.99. The highest BCUT2D eigenvalue weighted by atomic mass is 35.5. The second kappa shape index (κ2) is 9.97. The Labute approximate surface area is 202 Å². The number of piperazine rings is 1. The van der Waals surface area contributed by atoms with Crippen LogP contribution in [0.5, 0.6) is 0 Å². The highest BCUT2D eigenvalue weighted by Crippen LogP contribution is 2.27. The number of rotatable bonds is 6. The Morgan fingerprint density at radius 1 is 1.09 bits per heavy atom. The molecular weight excluding hydrogens is 459 g/mol. The normalized spacial score (nSPS) is 15.3. The number of para-hydroxylation sites is 1. The number of quaternary nitrogens is 1. The summed E-state index contributed by atoms with van der Waals surface area (Å²) in [5, 5.41) is 19.1. The van der Waals surface area contributed by atoms with E-state index >= 15 is 0 Å². The minimum atomic E-state index is -0.401. The number of hydroxylamine groups is 3. The van der Waals surface area contributed by atoms with Crippen molar-refractivity contribution in [2.75, 3.05) is 49.5 Å². The first-order valence-corrected chi connectivity index (χ1v) is 11.1. The Morgan fingerprint density at radius 2 is 1.88 bits per heavy atom. The number of nitrogens with one attached hydrogen (secondary N) is 1. The Kier molecular flexibility index (Phi) is 7.02. The van der Waals surface area contributed by atoms with E-state index in [-0.39, 0.29) is 22.9 Å². The van der Waals surface area contributed by atoms with E-state index in [1.165, 1.54) is 18.2 Å². The summed E-state index contributed by atoms with van der Waals surface area (Å²) >= 11 is 0. The lowest BCUT2D eigenvalue weighted by molar-refractivity contribution is -0.881. The van der Waals surface area contributed by atoms with Gasteiger partial charge >= 0.3 is 5.63 Å². The van der Waals surface area contributed by atoms with Crippen LogP contribution >= 0.6 is 12.4 Å². The van der Waals surface area contributed by atoms with E-state index in [0.717, 1.165) is 27.7 Å². The van der Waals surface area contributed by atoms with Crippen molar-refractivity contribution >= 4 is 45.7 Å². The topological polar surface area (TPSA) is 81.4 Å². The van der Waals surface area contributed by atoms with Gasteiger partial charge in [-0.15, -0.1) is 12.4 Å². The molecule has 0 aliphatic carbocycles. The summed E-state index contributed by atoms with van der Waals surface area (Å²) in [4.78, 5) is 18.3. The van der Waals surface area contributed by atoms with E-state index in [2.05, 4.69) is 15.2 Å². The van der Waals surface area contributed by atoms with Gasteiger partial charge in [-0.3, -0.25) is 0 Å². The Bertz CT molecular complexity index is 1360. The van der Waals surface area contributed by atoms with E-state index in [4.69, 9.17) is 4.42 Å². The van der Waals surface area contributed by atoms with Crippen molar-refractivity contribution in [3.8, 4) is 0 Å². The molecule has 0 radical (unpaired) electrons. The molecule has 1 aliphatic heterocycles. The maximum Gasteiger partial charge on any atom is 0.338 e. The van der Waals surface area contributed by atoms with Gasteiger partial charge in [0.05, 0.1) is 38.4 Å². The average Bonchev–Trinajstić information content (AvgIpc) is 2.82. The fourth-order valence-electron chi connectivity index (χ4n) is 4.49. The van der Waals surface area contributed by atoms with E-state index in [1.807, 2.05) is 24.3 Å². The van der Waals surface area contributed by atoms with E-state index in [0.29, 0.717) is 51.3 Å². The van der Waals surface area contributed by atoms with E-state index in [9.17, 15) is 14.4 Å². The molecule has 34 heavy (non-hydrogen) atoms. The Balaban J connectivity index is 0.00000274. The number of hydrogen-bond acceptors (Lipinski definition) is 6. The quantitative estimate of drug-likeness (QED) is 0.187. The highest BCUT2D eigenvalue weighted by Gasteiger charge is 2.26. The van der Waals surface area contributed by atoms with Crippen LogP contribution in [0.25, 0.3) is 21.7 Å². The molecule has 1 fully saturated rings. The Morgan fingerprint density at radius 3 is 2.71 bits per heavy atom. The first kappa shape index (κ1) is 23.9. The molecule has 7 nitrogen and oxygen atoms in total. The van der Waals surface area contributed by atoms with Crippen molar-refractivity contribution < 1.29 is 13.5 Å². The van der Waals surface area contributed by atoms with Gasteiger partial charge in [0, 0.05) is 36.0 Å². The third-order valence-corrected chi connectivity index (χ3v) is 6.27. The largest absolute Gasteiger partial charge is 0.633 e. The summed E-state index contributed by atoms with van der Waals surface area (Å²) in [6.07, 6.45) is 2.40. The molecule has 9 heteroatoms. The fraction of sp³-hybridized carbons (Fsp3) is 0.280. The molecule has 1 aliphatic rings. The van der Waals surface area contributed by atoms with Crippen LogP contribution in [0.1, 0.15) is 6.42 Å². The van der Waals surface area contributed by atoms with E-state index in [1.54, 1.807) is 18.3 Å². The summed E-state index contributed by atoms with van der Waals surface area (Å²) in [5.41, 5.74) is 0.859. The molecule has 2 aromatic carbocycles. The molecule has 4 aromatic rings. The minimum absolute atomic E-state index is 0. The van der Waals surface area contributed by atoms with Crippen LogP contribution in [0.15, 0.2) is 70.0 Å². The number of nitrogens with zero attached hydrogens (tertiary/aromatic N) is 3. The van der Waals surface area contributed by atoms with Gasteiger partial charge in [0.2, 0.25) is 0 Å². The molecule has 0 spiro atoms. The first-order chi connectivity index (χ1) is 16.0. The SMILES string of the molecule is Cl.O=c1cc(NCCC[N+]2([O-])CCN(c3nccc4ccc(F)cc34)CC2)c2ccccc2o1. The van der Waals surface area contributed by atoms with Crippen LogP contribution in [-0.4, -0.2) is 48.9 Å². The monoisotopic (exact) mass is 484 g/mol. The lowest BCUT2D eigenvalue weighted by atomic mass is 10.1. The van der Waals surface area contributed by atoms with Crippen LogP contribution < -0.4 is 15.8 Å². The van der Waals surface area contributed by atoms with Crippen molar-refractivity contribution in [1.82, 2.24) is 4.98 Å². The molecule has 3 heterocycles. The van der Waals surface area contributed by atoms with Crippen LogP contribution in [0, 0.1) is 11.0 Å². The van der Waals surface area contributed by atoms with Crippen molar-refractivity contribution in [3.63, 3.8) is 0 Å². The molecule has 1 N–H and O–H groups in total. The average molecular weight is 485 g/mol. The molecule has 1 saturated heterocycles. The molecule has 178 valence electrons. The second-order valence-corrected chi connectivity index (χ2v) is 8.47. The molecule has 5 rings (SSSR count). The number of halogens is 2. The van der Waals surface area contributed by atoms with Gasteiger partial charge in [0.25, 0.3) is 0 Å². The summed E-state index contributed by atoms with van der Waals surface area (Å²) in [6.45, 7) is 3.12. The van der Waals surface area contributed by atoms with Gasteiger partial charge < -0.3 is 24.5 Å². The number of fused-ring (bicyclic) bond motifs is 2. The second-order valence-electron chi connectivity index (χ2n) is 8.47. The number of pyridine rings is 1. The van der Waals surface area contributed by atoms with E-state index < -0.39 is 5.63 Å². The lowest BCUT2D eigenvalue weighted by Gasteiger charge is -2.48. The molecule has 0 atom stereocenters. The first-order valence-electron chi connectivity index (χ1n) is 11.1. The smallest absolute Gasteiger partial charge is 0.338 e. The van der Waals surface area contributed by atoms with Crippen LogP contribution in [0.4, 0.5) is 15.9 Å². The molecule has 2 aromatic heterocycles. The number of anilines is 2. The van der Waals surface area contributed by atoms with Crippen molar-refractivity contribution in [1.29, 1.82) is 0 Å². The Hall–Kier alpha value is -3.20. The van der Waals surface area contributed by atoms with Gasteiger partial charge in [-0.25, -0.2) is 14.2 Å². The standard InChI is InChI=1S/C25H25FN4O3.ClH/c26-19-7-6-18-8-10-28-25(21(18)16-19)29-11-14-30(32,15-12-29)13-3-9-27-22-17-24(31)33-23-5-2-1-4-20(22)23;/h1-2,4-8,10,16-17,27H,3,9,11-15H2;1H. The zero-order valence-corrected chi connectivity index (χ0v) is 19.4. The maximum absolute atomic E-state index is 13.8. The molecule has 0 unspecified atom stereocenters. The van der Waals surface area contributed by atoms with Crippen molar-refractivity contribution in [2.45, 2.75) is 6.42 Å². The summed E-state index contributed by atoms with van der Waals surface area (Å²) in [5.74, 6) is 0.439. The zero-order valence-electron chi connectivity index (χ0n) is 18.6. The van der Waals surface area contributed by atoms with Crippen LogP contribution in [0.2, 0.25) is 0 Å². The summed E-state index contributed by atoms with van der Waals surface area (Å²) in [6, 6.07) is 15.4. The van der Waals surface area contributed by atoms with Gasteiger partial charge in [0.15, 0.2) is 0 Å². The van der Waals surface area contributed by atoms with Crippen LogP contribution in [-0.2, 0) is 0 Å². The molecule has 0 bridgehead atoms. The highest BCUT2D eigenvalue weighted by molar-refractivity contribution is 5.92. The third-order valence-electron chi connectivity index (χ3n) is 6.27. The molecule has 0 amide bonds. The summed E-state index contributed by atoms with van der Waals surface area (Å²) < 4.78 is 18.7. The van der Waals surface area contributed by atoms with Gasteiger partial charge in [-0.2, -0.15) is 0 Å². The molecular formula is C25H26ClFN4O3. The fourth-order valence-corrected chi connectivity index (χ4v) is 4.49. The maximum atomic E-state index is 13.8. The predicted octanol–water partition coefficient (Wildman–Crippen LogP) is 4.54. The number of hydrogen-bond donors (Lipinski definition) is 1. The van der Waals surface area contributed by atoms with Gasteiger partial charge in [-0.05, 0) is 35.7 Å². The predicted molar refractivity (Wildman–Crippen MR) is 135 cm³/mol. The summed E-state index contributed by atoms with van der Waals surface area (Å²) in [7, 11) is 0. The van der Waals surface area contributed by atoms with Crippen molar-refractivity contribution in [2.24, 2.45) is 0 Å².